The fourth-order valence-corrected chi connectivity index (χ4v) is 5.00. The molecule has 0 unspecified atom stereocenters. The normalized spacial score (nSPS) is 11.1. The summed E-state index contributed by atoms with van der Waals surface area (Å²) in [4.78, 5) is 12.8. The van der Waals surface area contributed by atoms with Gasteiger partial charge in [0, 0.05) is 12.1 Å². The van der Waals surface area contributed by atoms with Gasteiger partial charge in [-0.1, -0.05) is 23.3 Å². The maximum absolute atomic E-state index is 13.1. The molecule has 3 aromatic carbocycles. The largest absolute Gasteiger partial charge is 0.497 e. The fourth-order valence-electron chi connectivity index (χ4n) is 3.52. The molecule has 1 N–H and O–H groups in total. The highest BCUT2D eigenvalue weighted by atomic mass is 32.2. The number of anilines is 2. The first-order valence-corrected chi connectivity index (χ1v) is 12.4. The van der Waals surface area contributed by atoms with Crippen molar-refractivity contribution >= 4 is 27.6 Å². The SMILES string of the molecule is CCN(c1ccccc1)S(=O)(=O)c1ccc(C(=O)Nc2nnc(-c3cc(OC)ccc3OC)o2)cc1. The maximum atomic E-state index is 13.1. The Labute approximate surface area is 208 Å². The van der Waals surface area contributed by atoms with Gasteiger partial charge in [0.1, 0.15) is 11.5 Å². The number of sulfonamides is 1. The van der Waals surface area contributed by atoms with Gasteiger partial charge < -0.3 is 13.9 Å². The second kappa shape index (κ2) is 10.5. The Morgan fingerprint density at radius 2 is 1.69 bits per heavy atom. The van der Waals surface area contributed by atoms with Crippen LogP contribution >= 0.6 is 0 Å². The number of nitrogens with zero attached hydrogens (tertiary/aromatic N) is 3. The van der Waals surface area contributed by atoms with Crippen LogP contribution in [0.3, 0.4) is 0 Å². The number of hydrogen-bond donors (Lipinski definition) is 1. The number of aromatic nitrogens is 2. The molecule has 1 heterocycles. The molecular formula is C25H24N4O6S. The van der Waals surface area contributed by atoms with Gasteiger partial charge >= 0.3 is 6.01 Å². The lowest BCUT2D eigenvalue weighted by Gasteiger charge is -2.22. The molecule has 0 saturated carbocycles. The Kier molecular flexibility index (Phi) is 7.20. The fraction of sp³-hybridized carbons (Fsp3) is 0.160. The number of methoxy groups -OCH3 is 2. The quantitative estimate of drug-likeness (QED) is 0.356. The molecule has 0 atom stereocenters. The van der Waals surface area contributed by atoms with Gasteiger partial charge in [-0.3, -0.25) is 14.4 Å². The molecule has 4 rings (SSSR count). The molecule has 186 valence electrons. The van der Waals surface area contributed by atoms with Crippen molar-refractivity contribution in [2.45, 2.75) is 11.8 Å². The van der Waals surface area contributed by atoms with E-state index in [0.29, 0.717) is 22.7 Å². The summed E-state index contributed by atoms with van der Waals surface area (Å²) in [6, 6.07) is 19.4. The van der Waals surface area contributed by atoms with Crippen LogP contribution < -0.4 is 19.1 Å². The van der Waals surface area contributed by atoms with Gasteiger partial charge in [0.2, 0.25) is 0 Å². The third-order valence-electron chi connectivity index (χ3n) is 5.32. The number of benzene rings is 3. The van der Waals surface area contributed by atoms with Crippen LogP contribution in [0.25, 0.3) is 11.5 Å². The number of carbonyl (C=O) groups is 1. The number of para-hydroxylation sites is 1. The minimum Gasteiger partial charge on any atom is -0.497 e. The second-order valence-electron chi connectivity index (χ2n) is 7.46. The van der Waals surface area contributed by atoms with Crippen LogP contribution in [0.2, 0.25) is 0 Å². The van der Waals surface area contributed by atoms with Gasteiger partial charge in [0.15, 0.2) is 0 Å². The highest BCUT2D eigenvalue weighted by Gasteiger charge is 2.24. The van der Waals surface area contributed by atoms with E-state index in [0.717, 1.165) is 0 Å². The lowest BCUT2D eigenvalue weighted by Crippen LogP contribution is -2.30. The van der Waals surface area contributed by atoms with Crippen molar-refractivity contribution in [1.29, 1.82) is 0 Å². The number of hydrogen-bond acceptors (Lipinski definition) is 8. The summed E-state index contributed by atoms with van der Waals surface area (Å²) >= 11 is 0. The van der Waals surface area contributed by atoms with E-state index in [9.17, 15) is 13.2 Å². The summed E-state index contributed by atoms with van der Waals surface area (Å²) < 4.78 is 43.7. The Morgan fingerprint density at radius 3 is 2.33 bits per heavy atom. The zero-order chi connectivity index (χ0) is 25.7. The van der Waals surface area contributed by atoms with Gasteiger partial charge in [0.25, 0.3) is 21.8 Å². The van der Waals surface area contributed by atoms with Crippen molar-refractivity contribution in [3.05, 3.63) is 78.4 Å². The number of amides is 1. The average molecular weight is 509 g/mol. The summed E-state index contributed by atoms with van der Waals surface area (Å²) in [7, 11) is -0.768. The van der Waals surface area contributed by atoms with Crippen LogP contribution in [-0.4, -0.2) is 45.3 Å². The molecular weight excluding hydrogens is 484 g/mol. The van der Waals surface area contributed by atoms with E-state index in [-0.39, 0.29) is 28.9 Å². The molecule has 1 amide bonds. The van der Waals surface area contributed by atoms with Crippen LogP contribution in [0.15, 0.2) is 82.1 Å². The van der Waals surface area contributed by atoms with E-state index in [1.54, 1.807) is 49.4 Å². The minimum atomic E-state index is -3.81. The number of nitrogens with one attached hydrogen (secondary N) is 1. The van der Waals surface area contributed by atoms with Crippen LogP contribution in [0.1, 0.15) is 17.3 Å². The number of ether oxygens (including phenoxy) is 2. The predicted molar refractivity (Wildman–Crippen MR) is 134 cm³/mol. The van der Waals surface area contributed by atoms with E-state index in [1.165, 1.54) is 42.8 Å². The highest BCUT2D eigenvalue weighted by Crippen LogP contribution is 2.33. The molecule has 0 aliphatic rings. The molecule has 0 spiro atoms. The van der Waals surface area contributed by atoms with Crippen LogP contribution in [0.4, 0.5) is 11.7 Å². The summed E-state index contributed by atoms with van der Waals surface area (Å²) in [5.74, 6) is 0.648. The standard InChI is InChI=1S/C25H24N4O6S/c1-4-29(18-8-6-5-7-9-18)36(31,32)20-13-10-17(11-14-20)23(30)26-25-28-27-24(35-25)21-16-19(33-2)12-15-22(21)34-3/h5-16H,4H2,1-3H3,(H,26,28,30). The molecule has 10 nitrogen and oxygen atoms in total. The van der Waals surface area contributed by atoms with E-state index in [1.807, 2.05) is 6.07 Å². The highest BCUT2D eigenvalue weighted by molar-refractivity contribution is 7.92. The van der Waals surface area contributed by atoms with Gasteiger partial charge in [-0.15, -0.1) is 5.10 Å². The third kappa shape index (κ3) is 5.01. The van der Waals surface area contributed by atoms with Crippen LogP contribution in [0.5, 0.6) is 11.5 Å². The molecule has 0 bridgehead atoms. The molecule has 0 radical (unpaired) electrons. The van der Waals surface area contributed by atoms with Crippen molar-refractivity contribution in [2.24, 2.45) is 0 Å². The van der Waals surface area contributed by atoms with Crippen molar-refractivity contribution in [3.63, 3.8) is 0 Å². The summed E-state index contributed by atoms with van der Waals surface area (Å²) in [6.45, 7) is 2.01. The Hall–Kier alpha value is -4.38. The second-order valence-corrected chi connectivity index (χ2v) is 9.32. The van der Waals surface area contributed by atoms with Gasteiger partial charge in [0.05, 0.1) is 30.4 Å². The monoisotopic (exact) mass is 508 g/mol. The molecule has 4 aromatic rings. The summed E-state index contributed by atoms with van der Waals surface area (Å²) in [6.07, 6.45) is 0. The van der Waals surface area contributed by atoms with E-state index in [2.05, 4.69) is 15.5 Å². The van der Waals surface area contributed by atoms with E-state index in [4.69, 9.17) is 13.9 Å². The number of carbonyl (C=O) groups excluding carboxylic acids is 1. The smallest absolute Gasteiger partial charge is 0.322 e. The Morgan fingerprint density at radius 1 is 0.972 bits per heavy atom. The van der Waals surface area contributed by atoms with Crippen LogP contribution in [0, 0.1) is 0 Å². The van der Waals surface area contributed by atoms with Gasteiger partial charge in [-0.25, -0.2) is 8.42 Å². The molecule has 0 aliphatic carbocycles. The molecule has 1 aromatic heterocycles. The van der Waals surface area contributed by atoms with Gasteiger partial charge in [-0.05, 0) is 61.5 Å². The molecule has 0 fully saturated rings. The zero-order valence-corrected chi connectivity index (χ0v) is 20.7. The topological polar surface area (TPSA) is 124 Å². The molecule has 0 aliphatic heterocycles. The molecule has 0 saturated heterocycles. The summed E-state index contributed by atoms with van der Waals surface area (Å²) in [5, 5.41) is 10.4. The Balaban J connectivity index is 1.51. The van der Waals surface area contributed by atoms with Crippen molar-refractivity contribution in [2.75, 3.05) is 30.4 Å². The number of rotatable bonds is 9. The first kappa shape index (κ1) is 24.7. The zero-order valence-electron chi connectivity index (χ0n) is 19.8. The maximum Gasteiger partial charge on any atom is 0.322 e. The lowest BCUT2D eigenvalue weighted by molar-refractivity contribution is 0.102. The van der Waals surface area contributed by atoms with Crippen molar-refractivity contribution < 1.29 is 27.1 Å². The van der Waals surface area contributed by atoms with Crippen molar-refractivity contribution in [3.8, 4) is 23.0 Å². The van der Waals surface area contributed by atoms with E-state index >= 15 is 0 Å². The van der Waals surface area contributed by atoms with Crippen LogP contribution in [-0.2, 0) is 10.0 Å². The minimum absolute atomic E-state index is 0.0648. The predicted octanol–water partition coefficient (Wildman–Crippen LogP) is 4.22. The van der Waals surface area contributed by atoms with Gasteiger partial charge in [-0.2, -0.15) is 0 Å². The lowest BCUT2D eigenvalue weighted by atomic mass is 10.2. The third-order valence-corrected chi connectivity index (χ3v) is 7.24. The molecule has 11 heteroatoms. The first-order chi connectivity index (χ1) is 17.4. The average Bonchev–Trinajstić information content (AvgIpc) is 3.37. The summed E-state index contributed by atoms with van der Waals surface area (Å²) in [5.41, 5.74) is 1.27. The van der Waals surface area contributed by atoms with Crippen molar-refractivity contribution in [1.82, 2.24) is 10.2 Å². The molecule has 36 heavy (non-hydrogen) atoms. The first-order valence-electron chi connectivity index (χ1n) is 10.9. The Bertz CT molecular complexity index is 1450. The van der Waals surface area contributed by atoms with E-state index < -0.39 is 15.9 Å².